The largest absolute Gasteiger partial charge is 0.469 e. The van der Waals surface area contributed by atoms with Crippen LogP contribution < -0.4 is 0 Å². The van der Waals surface area contributed by atoms with E-state index in [2.05, 4.69) is 107 Å². The number of methoxy groups -OCH3 is 1. The number of Topliss-reactive ketones (excluding diaryl/α,β-unsaturated/α-hetero) is 1. The predicted molar refractivity (Wildman–Crippen MR) is 255 cm³/mol. The van der Waals surface area contributed by atoms with E-state index >= 15 is 0 Å². The number of ketones is 1. The average molecular weight is 885 g/mol. The Labute approximate surface area is 386 Å². The summed E-state index contributed by atoms with van der Waals surface area (Å²) in [6.07, 6.45) is 29.3. The molecule has 0 bridgehead atoms. The lowest BCUT2D eigenvalue weighted by atomic mass is 9.64. The van der Waals surface area contributed by atoms with Gasteiger partial charge in [0.2, 0.25) is 0 Å². The Morgan fingerprint density at radius 2 is 1.42 bits per heavy atom. The van der Waals surface area contributed by atoms with Crippen molar-refractivity contribution in [3.05, 3.63) is 60.2 Å². The van der Waals surface area contributed by atoms with E-state index in [1.54, 1.807) is 0 Å². The summed E-state index contributed by atoms with van der Waals surface area (Å²) in [7, 11) is 10.3. The first kappa shape index (κ1) is 48.8. The molecule has 11 heteroatoms. The van der Waals surface area contributed by atoms with E-state index in [4.69, 9.17) is 4.74 Å². The van der Waals surface area contributed by atoms with Crippen molar-refractivity contribution < 1.29 is 24.2 Å². The number of amides is 2. The Morgan fingerprint density at radius 3 is 1.98 bits per heavy atom. The number of esters is 1. The molecule has 1 aromatic rings. The van der Waals surface area contributed by atoms with Gasteiger partial charge in [-0.15, -0.1) is 0 Å². The Morgan fingerprint density at radius 1 is 0.781 bits per heavy atom. The number of allylic oxidation sites excluding steroid dienone is 3. The molecule has 2 heterocycles. The summed E-state index contributed by atoms with van der Waals surface area (Å²) in [5.74, 6) is 2.07. The molecule has 2 unspecified atom stereocenters. The molecular formula is C53H84N6O5. The second kappa shape index (κ2) is 21.3. The van der Waals surface area contributed by atoms with E-state index in [0.29, 0.717) is 49.8 Å². The highest BCUT2D eigenvalue weighted by atomic mass is 16.5. The zero-order valence-corrected chi connectivity index (χ0v) is 40.7. The van der Waals surface area contributed by atoms with Crippen molar-refractivity contribution in [2.75, 3.05) is 74.6 Å². The third-order valence-corrected chi connectivity index (χ3v) is 17.7. The maximum atomic E-state index is 13.5. The van der Waals surface area contributed by atoms with Crippen molar-refractivity contribution >= 4 is 17.8 Å². The van der Waals surface area contributed by atoms with Crippen molar-refractivity contribution in [3.8, 4) is 0 Å². The van der Waals surface area contributed by atoms with Gasteiger partial charge in [0.1, 0.15) is 5.78 Å². The third kappa shape index (κ3) is 10.2. The number of nitrogens with zero attached hydrogens (tertiary/aromatic N) is 6. The molecule has 64 heavy (non-hydrogen) atoms. The SMILES string of the molecule is CCC(=O)CCCN1CC2(CCC(c3ccccc3)(N(C)C)CC2)N(CC2CCC2)C1O.COC(=O)CCCN1CC2(CCC(C3C=CC=CC3)(N(C)C)CC2)N(CC2CCC2)C1=O. The van der Waals surface area contributed by atoms with Crippen LogP contribution in [0.5, 0.6) is 0 Å². The minimum Gasteiger partial charge on any atom is -0.469 e. The van der Waals surface area contributed by atoms with Crippen LogP contribution in [0, 0.1) is 17.8 Å². The van der Waals surface area contributed by atoms with E-state index in [1.165, 1.54) is 51.2 Å². The van der Waals surface area contributed by atoms with E-state index in [1.807, 2.05) is 11.8 Å². The first-order chi connectivity index (χ1) is 30.8. The first-order valence-electron chi connectivity index (χ1n) is 25.4. The molecule has 1 aromatic carbocycles. The minimum atomic E-state index is -0.504. The fourth-order valence-electron chi connectivity index (χ4n) is 12.9. The number of aliphatic hydroxyl groups is 1. The van der Waals surface area contributed by atoms with E-state index < -0.39 is 6.35 Å². The monoisotopic (exact) mass is 885 g/mol. The van der Waals surface area contributed by atoms with Gasteiger partial charge in [-0.3, -0.25) is 24.3 Å². The van der Waals surface area contributed by atoms with Crippen LogP contribution in [0.25, 0.3) is 0 Å². The summed E-state index contributed by atoms with van der Waals surface area (Å²) < 4.78 is 4.78. The van der Waals surface area contributed by atoms with Crippen molar-refractivity contribution in [1.82, 2.24) is 29.4 Å². The number of hydrogen-bond acceptors (Lipinski definition) is 9. The van der Waals surface area contributed by atoms with Gasteiger partial charge in [0.25, 0.3) is 0 Å². The zero-order chi connectivity index (χ0) is 45.5. The molecule has 0 aromatic heterocycles. The highest BCUT2D eigenvalue weighted by Gasteiger charge is 2.57. The Bertz CT molecular complexity index is 1760. The van der Waals surface area contributed by atoms with Gasteiger partial charge in [-0.1, -0.05) is 74.4 Å². The van der Waals surface area contributed by atoms with Crippen molar-refractivity contribution in [1.29, 1.82) is 0 Å². The van der Waals surface area contributed by atoms with Gasteiger partial charge in [0.05, 0.1) is 12.6 Å². The van der Waals surface area contributed by atoms with Crippen molar-refractivity contribution in [2.45, 2.75) is 164 Å². The van der Waals surface area contributed by atoms with Gasteiger partial charge >= 0.3 is 12.0 Å². The molecule has 2 spiro atoms. The molecule has 2 atom stereocenters. The van der Waals surface area contributed by atoms with E-state index in [-0.39, 0.29) is 34.2 Å². The number of benzene rings is 1. The molecular weight excluding hydrogens is 801 g/mol. The molecule has 6 fully saturated rings. The van der Waals surface area contributed by atoms with Crippen LogP contribution in [0.2, 0.25) is 0 Å². The fourth-order valence-corrected chi connectivity index (χ4v) is 12.9. The van der Waals surface area contributed by atoms with Crippen molar-refractivity contribution in [2.24, 2.45) is 17.8 Å². The first-order valence-corrected chi connectivity index (χ1v) is 25.4. The molecule has 2 aliphatic heterocycles. The fraction of sp³-hybridized carbons (Fsp3) is 0.755. The maximum Gasteiger partial charge on any atom is 0.320 e. The van der Waals surface area contributed by atoms with Gasteiger partial charge in [-0.2, -0.15) is 0 Å². The number of urea groups is 1. The molecule has 5 aliphatic carbocycles. The summed E-state index contributed by atoms with van der Waals surface area (Å²) in [4.78, 5) is 50.7. The van der Waals surface area contributed by atoms with Crippen LogP contribution in [0.3, 0.4) is 0 Å². The van der Waals surface area contributed by atoms with Crippen LogP contribution in [0.15, 0.2) is 54.6 Å². The van der Waals surface area contributed by atoms with Gasteiger partial charge in [0.15, 0.2) is 6.35 Å². The highest BCUT2D eigenvalue weighted by molar-refractivity contribution is 5.79. The number of carbonyl (C=O) groups is 3. The summed E-state index contributed by atoms with van der Waals surface area (Å²) in [6.45, 7) is 7.07. The number of carbonyl (C=O) groups excluding carboxylic acids is 3. The topological polar surface area (TPSA) is 100 Å². The lowest BCUT2D eigenvalue weighted by Gasteiger charge is -2.54. The summed E-state index contributed by atoms with van der Waals surface area (Å²) in [5.41, 5.74) is 1.65. The normalized spacial score (nSPS) is 32.4. The molecule has 2 saturated heterocycles. The molecule has 1 N–H and O–H groups in total. The van der Waals surface area contributed by atoms with E-state index in [0.717, 1.165) is 103 Å². The van der Waals surface area contributed by atoms with Crippen molar-refractivity contribution in [3.63, 3.8) is 0 Å². The summed E-state index contributed by atoms with van der Waals surface area (Å²) in [5, 5.41) is 11.4. The van der Waals surface area contributed by atoms with Crippen LogP contribution in [-0.2, 0) is 19.9 Å². The zero-order valence-electron chi connectivity index (χ0n) is 40.7. The minimum absolute atomic E-state index is 0.0499. The molecule has 7 aliphatic rings. The van der Waals surface area contributed by atoms with E-state index in [9.17, 15) is 19.5 Å². The summed E-state index contributed by atoms with van der Waals surface area (Å²) in [6, 6.07) is 11.2. The van der Waals surface area contributed by atoms with Crippen LogP contribution >= 0.6 is 0 Å². The Balaban J connectivity index is 0.000000191. The van der Waals surface area contributed by atoms with Gasteiger partial charge < -0.3 is 24.5 Å². The van der Waals surface area contributed by atoms with Crippen LogP contribution in [0.4, 0.5) is 4.79 Å². The Kier molecular flexibility index (Phi) is 16.2. The lowest BCUT2D eigenvalue weighted by Crippen LogP contribution is -2.59. The third-order valence-electron chi connectivity index (χ3n) is 17.7. The van der Waals surface area contributed by atoms with Crippen LogP contribution in [-0.4, -0.2) is 150 Å². The number of ether oxygens (including phenoxy) is 1. The molecule has 8 rings (SSSR count). The lowest BCUT2D eigenvalue weighted by molar-refractivity contribution is -0.140. The van der Waals surface area contributed by atoms with Gasteiger partial charge in [-0.05, 0) is 148 Å². The number of hydrogen-bond donors (Lipinski definition) is 1. The molecule has 11 nitrogen and oxygen atoms in total. The van der Waals surface area contributed by atoms with Gasteiger partial charge in [0, 0.05) is 75.1 Å². The number of rotatable bonds is 17. The van der Waals surface area contributed by atoms with Gasteiger partial charge in [-0.25, -0.2) is 4.79 Å². The highest BCUT2D eigenvalue weighted by Crippen LogP contribution is 2.52. The smallest absolute Gasteiger partial charge is 0.320 e. The second-order valence-corrected chi connectivity index (χ2v) is 21.4. The number of aliphatic hydroxyl groups excluding tert-OH is 1. The predicted octanol–water partition coefficient (Wildman–Crippen LogP) is 8.43. The average Bonchev–Trinajstić information content (AvgIpc) is 3.68. The standard InChI is InChI=1S/C27H43N3O2.C26H41N3O3/c1-4-24(31)14-9-19-29-21-26(30(25(29)32)20-22-10-8-11-22)15-17-27(18-16-26,28(2)3)23-12-6-5-7-13-23;1-27(2)26(22-11-5-4-6-12-22)16-14-25(15-17-26)20-28(18-8-13-23(30)32-3)24(31)29(25)19-21-9-7-10-21/h5-7,12-13,22,25,32H,4,8-11,14-21H2,1-3H3;4-6,11,21-22H,7-10,12-20H2,1-3H3. The second-order valence-electron chi connectivity index (χ2n) is 21.4. The molecule has 2 amide bonds. The summed E-state index contributed by atoms with van der Waals surface area (Å²) >= 11 is 0. The van der Waals surface area contributed by atoms with Crippen LogP contribution in [0.1, 0.15) is 141 Å². The molecule has 4 saturated carbocycles. The molecule has 356 valence electrons. The maximum absolute atomic E-state index is 13.5. The quantitative estimate of drug-likeness (QED) is 0.155. The molecule has 0 radical (unpaired) electrons. The Hall–Kier alpha value is -3.09.